The second-order valence-electron chi connectivity index (χ2n) is 3.86. The van der Waals surface area contributed by atoms with E-state index >= 15 is 0 Å². The van der Waals surface area contributed by atoms with Gasteiger partial charge in [0, 0.05) is 19.7 Å². The van der Waals surface area contributed by atoms with Crippen molar-refractivity contribution in [1.29, 1.82) is 0 Å². The Kier molecular flexibility index (Phi) is 3.68. The van der Waals surface area contributed by atoms with E-state index in [2.05, 4.69) is 0 Å². The van der Waals surface area contributed by atoms with E-state index in [1.165, 1.54) is 17.0 Å². The maximum atomic E-state index is 13.5. The molecule has 1 saturated heterocycles. The van der Waals surface area contributed by atoms with Crippen molar-refractivity contribution in [3.63, 3.8) is 0 Å². The second kappa shape index (κ2) is 5.23. The molecule has 0 radical (unpaired) electrons. The van der Waals surface area contributed by atoms with Gasteiger partial charge in [0.2, 0.25) is 0 Å². The van der Waals surface area contributed by atoms with Crippen molar-refractivity contribution in [2.75, 3.05) is 26.3 Å². The average Bonchev–Trinajstić information content (AvgIpc) is 2.60. The van der Waals surface area contributed by atoms with Crippen molar-refractivity contribution < 1.29 is 18.3 Å². The zero-order valence-corrected chi connectivity index (χ0v) is 9.29. The summed E-state index contributed by atoms with van der Waals surface area (Å²) in [5.41, 5.74) is -0.216. The molecule has 0 aromatic heterocycles. The predicted octanol–water partition coefficient (Wildman–Crippen LogP) is 1.83. The molecule has 92 valence electrons. The molecule has 1 aromatic carbocycles. The van der Waals surface area contributed by atoms with Crippen molar-refractivity contribution in [2.45, 2.75) is 6.42 Å². The monoisotopic (exact) mass is 241 g/mol. The Morgan fingerprint density at radius 3 is 2.88 bits per heavy atom. The molecule has 1 aliphatic heterocycles. The van der Waals surface area contributed by atoms with Crippen molar-refractivity contribution in [3.05, 3.63) is 35.4 Å². The third-order valence-corrected chi connectivity index (χ3v) is 2.69. The van der Waals surface area contributed by atoms with Gasteiger partial charge < -0.3 is 9.64 Å². The number of halogens is 2. The van der Waals surface area contributed by atoms with Crippen LogP contribution in [0.15, 0.2) is 18.2 Å². The van der Waals surface area contributed by atoms with E-state index in [0.717, 1.165) is 6.07 Å². The van der Waals surface area contributed by atoms with Gasteiger partial charge in [-0.25, -0.2) is 8.78 Å². The lowest BCUT2D eigenvalue weighted by Gasteiger charge is -2.19. The molecule has 0 atom stereocenters. The maximum absolute atomic E-state index is 13.5. The summed E-state index contributed by atoms with van der Waals surface area (Å²) < 4.78 is 31.7. The fraction of sp³-hybridized carbons (Fsp3) is 0.417. The highest BCUT2D eigenvalue weighted by atomic mass is 19.2. The quantitative estimate of drug-likeness (QED) is 0.750. The molecule has 0 N–H and O–H groups in total. The first-order valence-corrected chi connectivity index (χ1v) is 5.51. The van der Waals surface area contributed by atoms with Crippen LogP contribution in [-0.4, -0.2) is 37.1 Å². The van der Waals surface area contributed by atoms with Gasteiger partial charge in [-0.3, -0.25) is 4.79 Å². The lowest BCUT2D eigenvalue weighted by molar-refractivity contribution is 0.0735. The van der Waals surface area contributed by atoms with Crippen LogP contribution in [0.1, 0.15) is 16.8 Å². The van der Waals surface area contributed by atoms with Crippen LogP contribution in [0.2, 0.25) is 0 Å². The molecule has 2 rings (SSSR count). The number of carbonyl (C=O) groups is 1. The van der Waals surface area contributed by atoms with Crippen molar-refractivity contribution in [2.24, 2.45) is 0 Å². The van der Waals surface area contributed by atoms with Gasteiger partial charge in [-0.05, 0) is 18.6 Å². The molecule has 3 nitrogen and oxygen atoms in total. The summed E-state index contributed by atoms with van der Waals surface area (Å²) >= 11 is 0. The Balaban J connectivity index is 2.20. The van der Waals surface area contributed by atoms with Gasteiger partial charge in [-0.2, -0.15) is 0 Å². The third kappa shape index (κ3) is 2.61. The number of nitrogens with zero attached hydrogens (tertiary/aromatic N) is 1. The lowest BCUT2D eigenvalue weighted by atomic mass is 10.1. The van der Waals surface area contributed by atoms with E-state index < -0.39 is 17.5 Å². The zero-order chi connectivity index (χ0) is 12.3. The highest BCUT2D eigenvalue weighted by molar-refractivity contribution is 5.94. The number of hydrogen-bond donors (Lipinski definition) is 0. The van der Waals surface area contributed by atoms with Crippen molar-refractivity contribution >= 4 is 5.91 Å². The number of rotatable bonds is 1. The standard InChI is InChI=1S/C12H13F2NO2/c13-10-4-1-3-9(11(10)14)12(16)15-5-2-7-17-8-6-15/h1,3-4H,2,5-8H2. The molecule has 17 heavy (non-hydrogen) atoms. The summed E-state index contributed by atoms with van der Waals surface area (Å²) in [6.45, 7) is 1.95. The summed E-state index contributed by atoms with van der Waals surface area (Å²) in [6.07, 6.45) is 0.711. The molecule has 0 saturated carbocycles. The second-order valence-corrected chi connectivity index (χ2v) is 3.86. The molecule has 0 aliphatic carbocycles. The van der Waals surface area contributed by atoms with E-state index in [9.17, 15) is 13.6 Å². The Morgan fingerprint density at radius 1 is 1.24 bits per heavy atom. The number of ether oxygens (including phenoxy) is 1. The minimum absolute atomic E-state index is 0.216. The SMILES string of the molecule is O=C(c1cccc(F)c1F)N1CCCOCC1. The fourth-order valence-corrected chi connectivity index (χ4v) is 1.79. The van der Waals surface area contributed by atoms with Gasteiger partial charge in [0.05, 0.1) is 12.2 Å². The molecule has 1 aliphatic rings. The summed E-state index contributed by atoms with van der Waals surface area (Å²) in [7, 11) is 0. The normalized spacial score (nSPS) is 16.7. The highest BCUT2D eigenvalue weighted by Crippen LogP contribution is 2.14. The average molecular weight is 241 g/mol. The van der Waals surface area contributed by atoms with Crippen molar-refractivity contribution in [3.8, 4) is 0 Å². The van der Waals surface area contributed by atoms with Crippen LogP contribution in [-0.2, 0) is 4.74 Å². The largest absolute Gasteiger partial charge is 0.380 e. The first-order valence-electron chi connectivity index (χ1n) is 5.51. The Labute approximate surface area is 98.0 Å². The van der Waals surface area contributed by atoms with Gasteiger partial charge in [0.15, 0.2) is 11.6 Å². The summed E-state index contributed by atoms with van der Waals surface area (Å²) in [4.78, 5) is 13.5. The minimum atomic E-state index is -1.08. The van der Waals surface area contributed by atoms with E-state index in [0.29, 0.717) is 32.7 Å². The number of hydrogen-bond acceptors (Lipinski definition) is 2. The molecule has 1 aromatic rings. The number of carbonyl (C=O) groups excluding carboxylic acids is 1. The Bertz CT molecular complexity index is 415. The molecule has 5 heteroatoms. The summed E-state index contributed by atoms with van der Waals surface area (Å²) in [5, 5.41) is 0. The molecular weight excluding hydrogens is 228 g/mol. The van der Waals surface area contributed by atoms with Gasteiger partial charge in [0.1, 0.15) is 0 Å². The van der Waals surface area contributed by atoms with Crippen LogP contribution < -0.4 is 0 Å². The molecule has 0 unspecified atom stereocenters. The van der Waals surface area contributed by atoms with Crippen LogP contribution in [0.25, 0.3) is 0 Å². The van der Waals surface area contributed by atoms with Gasteiger partial charge in [0.25, 0.3) is 5.91 Å². The van der Waals surface area contributed by atoms with Crippen LogP contribution in [0.5, 0.6) is 0 Å². The first kappa shape index (κ1) is 12.0. The topological polar surface area (TPSA) is 29.5 Å². The molecular formula is C12H13F2NO2. The van der Waals surface area contributed by atoms with Crippen LogP contribution in [0, 0.1) is 11.6 Å². The van der Waals surface area contributed by atoms with Crippen LogP contribution >= 0.6 is 0 Å². The zero-order valence-electron chi connectivity index (χ0n) is 9.29. The summed E-state index contributed by atoms with van der Waals surface area (Å²) in [6, 6.07) is 3.63. The maximum Gasteiger partial charge on any atom is 0.257 e. The molecule has 0 spiro atoms. The van der Waals surface area contributed by atoms with Crippen LogP contribution in [0.4, 0.5) is 8.78 Å². The van der Waals surface area contributed by atoms with E-state index in [1.54, 1.807) is 0 Å². The van der Waals surface area contributed by atoms with Crippen LogP contribution in [0.3, 0.4) is 0 Å². The fourth-order valence-electron chi connectivity index (χ4n) is 1.79. The number of benzene rings is 1. The molecule has 1 heterocycles. The van der Waals surface area contributed by atoms with E-state index in [1.807, 2.05) is 0 Å². The lowest BCUT2D eigenvalue weighted by Crippen LogP contribution is -2.33. The first-order chi connectivity index (χ1) is 8.20. The van der Waals surface area contributed by atoms with Crippen molar-refractivity contribution in [1.82, 2.24) is 4.90 Å². The Hall–Kier alpha value is -1.49. The predicted molar refractivity (Wildman–Crippen MR) is 57.7 cm³/mol. The minimum Gasteiger partial charge on any atom is -0.380 e. The number of amides is 1. The Morgan fingerprint density at radius 2 is 2.06 bits per heavy atom. The van der Waals surface area contributed by atoms with E-state index in [4.69, 9.17) is 4.74 Å². The van der Waals surface area contributed by atoms with E-state index in [-0.39, 0.29) is 5.56 Å². The highest BCUT2D eigenvalue weighted by Gasteiger charge is 2.21. The smallest absolute Gasteiger partial charge is 0.257 e. The summed E-state index contributed by atoms with van der Waals surface area (Å²) in [5.74, 6) is -2.56. The van der Waals surface area contributed by atoms with Gasteiger partial charge >= 0.3 is 0 Å². The van der Waals surface area contributed by atoms with Gasteiger partial charge in [-0.1, -0.05) is 6.07 Å². The molecule has 0 bridgehead atoms. The molecule has 1 amide bonds. The third-order valence-electron chi connectivity index (χ3n) is 2.69. The molecule has 1 fully saturated rings. The van der Waals surface area contributed by atoms with Gasteiger partial charge in [-0.15, -0.1) is 0 Å².